The maximum absolute atomic E-state index is 11.7. The summed E-state index contributed by atoms with van der Waals surface area (Å²) < 4.78 is 0. The highest BCUT2D eigenvalue weighted by Gasteiger charge is 2.09. The third-order valence-corrected chi connectivity index (χ3v) is 2.76. The van der Waals surface area contributed by atoms with E-state index in [4.69, 9.17) is 0 Å². The molecular formula is C14H17N5O. The fourth-order valence-corrected chi connectivity index (χ4v) is 1.65. The Kier molecular flexibility index (Phi) is 4.60. The van der Waals surface area contributed by atoms with Crippen molar-refractivity contribution in [3.05, 3.63) is 47.9 Å². The lowest BCUT2D eigenvalue weighted by molar-refractivity contribution is 0.0821. The molecule has 0 atom stereocenters. The minimum absolute atomic E-state index is 0.152. The van der Waals surface area contributed by atoms with Crippen LogP contribution in [-0.4, -0.2) is 46.6 Å². The van der Waals surface area contributed by atoms with Gasteiger partial charge in [0.05, 0.1) is 0 Å². The first kappa shape index (κ1) is 13.9. The number of nitrogens with zero attached hydrogens (tertiary/aromatic N) is 4. The molecule has 2 rings (SSSR count). The van der Waals surface area contributed by atoms with E-state index < -0.39 is 0 Å². The summed E-state index contributed by atoms with van der Waals surface area (Å²) in [6, 6.07) is 7.39. The van der Waals surface area contributed by atoms with Gasteiger partial charge in [-0.15, -0.1) is 10.2 Å². The minimum atomic E-state index is -0.152. The van der Waals surface area contributed by atoms with Crippen molar-refractivity contribution in [2.75, 3.05) is 26.0 Å². The topological polar surface area (TPSA) is 71.0 Å². The smallest absolute Gasteiger partial charge is 0.273 e. The van der Waals surface area contributed by atoms with E-state index in [0.717, 1.165) is 13.0 Å². The van der Waals surface area contributed by atoms with Gasteiger partial charge in [-0.3, -0.25) is 9.78 Å². The maximum atomic E-state index is 11.7. The van der Waals surface area contributed by atoms with E-state index in [1.807, 2.05) is 12.1 Å². The zero-order chi connectivity index (χ0) is 14.4. The van der Waals surface area contributed by atoms with Crippen molar-refractivity contribution < 1.29 is 4.79 Å². The quantitative estimate of drug-likeness (QED) is 0.885. The van der Waals surface area contributed by atoms with Gasteiger partial charge >= 0.3 is 0 Å². The lowest BCUT2D eigenvalue weighted by atomic mass is 10.2. The van der Waals surface area contributed by atoms with Crippen LogP contribution >= 0.6 is 0 Å². The van der Waals surface area contributed by atoms with Crippen molar-refractivity contribution >= 4 is 11.7 Å². The zero-order valence-electron chi connectivity index (χ0n) is 11.6. The Morgan fingerprint density at radius 1 is 1.15 bits per heavy atom. The number of pyridine rings is 1. The predicted octanol–water partition coefficient (Wildman–Crippen LogP) is 1.23. The molecule has 0 aliphatic rings. The van der Waals surface area contributed by atoms with Gasteiger partial charge in [-0.2, -0.15) is 0 Å². The van der Waals surface area contributed by atoms with E-state index in [0.29, 0.717) is 11.5 Å². The van der Waals surface area contributed by atoms with Crippen LogP contribution in [-0.2, 0) is 6.42 Å². The summed E-state index contributed by atoms with van der Waals surface area (Å²) in [7, 11) is 3.37. The lowest BCUT2D eigenvalue weighted by Crippen LogP contribution is -2.23. The molecule has 2 aromatic heterocycles. The van der Waals surface area contributed by atoms with E-state index in [-0.39, 0.29) is 5.91 Å². The Bertz CT molecular complexity index is 554. The number of aromatic nitrogens is 3. The fraction of sp³-hybridized carbons (Fsp3) is 0.286. The van der Waals surface area contributed by atoms with Gasteiger partial charge in [0.15, 0.2) is 5.69 Å². The van der Waals surface area contributed by atoms with Gasteiger partial charge in [-0.1, -0.05) is 0 Å². The molecule has 0 saturated heterocycles. The molecule has 0 aliphatic carbocycles. The van der Waals surface area contributed by atoms with Crippen molar-refractivity contribution in [2.45, 2.75) is 6.42 Å². The molecule has 0 bridgehead atoms. The summed E-state index contributed by atoms with van der Waals surface area (Å²) in [4.78, 5) is 17.1. The predicted molar refractivity (Wildman–Crippen MR) is 76.5 cm³/mol. The third kappa shape index (κ3) is 3.74. The van der Waals surface area contributed by atoms with E-state index in [1.165, 1.54) is 10.5 Å². The monoisotopic (exact) mass is 271 g/mol. The summed E-state index contributed by atoms with van der Waals surface area (Å²) in [6.45, 7) is 0.750. The summed E-state index contributed by atoms with van der Waals surface area (Å²) in [6.07, 6.45) is 4.43. The van der Waals surface area contributed by atoms with Gasteiger partial charge in [-0.25, -0.2) is 0 Å². The molecule has 6 heteroatoms. The number of nitrogens with one attached hydrogen (secondary N) is 1. The second-order valence-corrected chi connectivity index (χ2v) is 4.54. The molecule has 2 heterocycles. The van der Waals surface area contributed by atoms with Gasteiger partial charge in [0.2, 0.25) is 0 Å². The first-order chi connectivity index (χ1) is 9.66. The van der Waals surface area contributed by atoms with E-state index in [1.54, 1.807) is 38.6 Å². The molecule has 6 nitrogen and oxygen atoms in total. The van der Waals surface area contributed by atoms with Gasteiger partial charge in [0, 0.05) is 33.0 Å². The lowest BCUT2D eigenvalue weighted by Gasteiger charge is -2.09. The number of amides is 1. The molecule has 1 amide bonds. The highest BCUT2D eigenvalue weighted by atomic mass is 16.2. The Morgan fingerprint density at radius 2 is 1.90 bits per heavy atom. The number of hydrogen-bond acceptors (Lipinski definition) is 5. The summed E-state index contributed by atoms with van der Waals surface area (Å²) in [5, 5.41) is 11.1. The number of rotatable bonds is 5. The first-order valence-electron chi connectivity index (χ1n) is 6.35. The minimum Gasteiger partial charge on any atom is -0.368 e. The molecule has 0 aromatic carbocycles. The molecule has 0 unspecified atom stereocenters. The standard InChI is InChI=1S/C14H17N5O/c1-19(2)14(20)12-3-4-13(18-17-12)16-10-7-11-5-8-15-9-6-11/h3-6,8-9H,7,10H2,1-2H3,(H,16,18). The molecule has 2 aromatic rings. The molecule has 0 radical (unpaired) electrons. The second-order valence-electron chi connectivity index (χ2n) is 4.54. The van der Waals surface area contributed by atoms with Crippen molar-refractivity contribution in [2.24, 2.45) is 0 Å². The second kappa shape index (κ2) is 6.60. The molecule has 0 fully saturated rings. The Labute approximate surface area is 117 Å². The molecule has 0 saturated carbocycles. The van der Waals surface area contributed by atoms with Crippen LogP contribution in [0, 0.1) is 0 Å². The fourth-order valence-electron chi connectivity index (χ4n) is 1.65. The average molecular weight is 271 g/mol. The van der Waals surface area contributed by atoms with Gasteiger partial charge in [-0.05, 0) is 36.2 Å². The molecule has 104 valence electrons. The van der Waals surface area contributed by atoms with Crippen molar-refractivity contribution in [3.8, 4) is 0 Å². The van der Waals surface area contributed by atoms with Crippen LogP contribution in [0.2, 0.25) is 0 Å². The van der Waals surface area contributed by atoms with E-state index in [2.05, 4.69) is 20.5 Å². The van der Waals surface area contributed by atoms with Crippen LogP contribution in [0.5, 0.6) is 0 Å². The average Bonchev–Trinajstić information content (AvgIpc) is 2.48. The van der Waals surface area contributed by atoms with Crippen LogP contribution in [0.25, 0.3) is 0 Å². The van der Waals surface area contributed by atoms with Crippen LogP contribution in [0.1, 0.15) is 16.1 Å². The number of hydrogen-bond donors (Lipinski definition) is 1. The summed E-state index contributed by atoms with van der Waals surface area (Å²) in [5.41, 5.74) is 1.55. The van der Waals surface area contributed by atoms with E-state index in [9.17, 15) is 4.79 Å². The number of carbonyl (C=O) groups excluding carboxylic acids is 1. The van der Waals surface area contributed by atoms with Gasteiger partial charge < -0.3 is 10.2 Å². The normalized spacial score (nSPS) is 10.1. The van der Waals surface area contributed by atoms with Crippen LogP contribution < -0.4 is 5.32 Å². The van der Waals surface area contributed by atoms with Crippen molar-refractivity contribution in [1.29, 1.82) is 0 Å². The molecule has 20 heavy (non-hydrogen) atoms. The third-order valence-electron chi connectivity index (χ3n) is 2.76. The highest BCUT2D eigenvalue weighted by Crippen LogP contribution is 2.04. The molecule has 0 spiro atoms. The largest absolute Gasteiger partial charge is 0.368 e. The van der Waals surface area contributed by atoms with Crippen LogP contribution in [0.3, 0.4) is 0 Å². The molecule has 1 N–H and O–H groups in total. The number of carbonyl (C=O) groups is 1. The summed E-state index contributed by atoms with van der Waals surface area (Å²) >= 11 is 0. The Balaban J connectivity index is 1.87. The van der Waals surface area contributed by atoms with Crippen LogP contribution in [0.15, 0.2) is 36.7 Å². The molecular weight excluding hydrogens is 254 g/mol. The van der Waals surface area contributed by atoms with Gasteiger partial charge in [0.25, 0.3) is 5.91 Å². The summed E-state index contributed by atoms with van der Waals surface area (Å²) in [5.74, 6) is 0.509. The maximum Gasteiger partial charge on any atom is 0.273 e. The molecule has 0 aliphatic heterocycles. The van der Waals surface area contributed by atoms with Crippen LogP contribution in [0.4, 0.5) is 5.82 Å². The Hall–Kier alpha value is -2.50. The first-order valence-corrected chi connectivity index (χ1v) is 6.35. The van der Waals surface area contributed by atoms with Crippen molar-refractivity contribution in [3.63, 3.8) is 0 Å². The SMILES string of the molecule is CN(C)C(=O)c1ccc(NCCc2ccncc2)nn1. The zero-order valence-corrected chi connectivity index (χ0v) is 11.6. The highest BCUT2D eigenvalue weighted by molar-refractivity contribution is 5.91. The van der Waals surface area contributed by atoms with E-state index >= 15 is 0 Å². The number of anilines is 1. The van der Waals surface area contributed by atoms with Gasteiger partial charge in [0.1, 0.15) is 5.82 Å². The Morgan fingerprint density at radius 3 is 2.50 bits per heavy atom. The van der Waals surface area contributed by atoms with Crippen molar-refractivity contribution in [1.82, 2.24) is 20.1 Å².